The van der Waals surface area contributed by atoms with Crippen LogP contribution in [-0.4, -0.2) is 43.8 Å². The van der Waals surface area contributed by atoms with E-state index in [2.05, 4.69) is 39.8 Å². The number of thioether (sulfide) groups is 1. The van der Waals surface area contributed by atoms with Gasteiger partial charge in [0, 0.05) is 7.05 Å². The van der Waals surface area contributed by atoms with Crippen LogP contribution < -0.4 is 0 Å². The van der Waals surface area contributed by atoms with Gasteiger partial charge in [-0.1, -0.05) is 85.3 Å². The molecule has 0 aliphatic heterocycles. The first-order valence-electron chi connectivity index (χ1n) is 10.0. The summed E-state index contributed by atoms with van der Waals surface area (Å²) in [6.07, 6.45) is 4.64. The van der Waals surface area contributed by atoms with Gasteiger partial charge in [-0.05, 0) is 34.4 Å². The first kappa shape index (κ1) is 19.6. The van der Waals surface area contributed by atoms with E-state index in [-0.39, 0.29) is 11.9 Å². The zero-order valence-electron chi connectivity index (χ0n) is 16.5. The molecule has 1 saturated carbocycles. The van der Waals surface area contributed by atoms with Crippen LogP contribution in [0.1, 0.15) is 48.9 Å². The zero-order valence-corrected chi connectivity index (χ0v) is 17.3. The molecule has 1 heterocycles. The summed E-state index contributed by atoms with van der Waals surface area (Å²) in [4.78, 5) is 14.9. The zero-order chi connectivity index (χ0) is 20.1. The van der Waals surface area contributed by atoms with E-state index in [0.29, 0.717) is 11.8 Å². The minimum absolute atomic E-state index is 0.0497. The number of hydrogen-bond donors (Lipinski definition) is 0. The molecular formula is C22H25N5OS. The predicted octanol–water partition coefficient (Wildman–Crippen LogP) is 4.13. The maximum absolute atomic E-state index is 13.1. The number of carbonyl (C=O) groups is 1. The fraction of sp³-hybridized carbons (Fsp3) is 0.364. The number of hydrogen-bond acceptors (Lipinski definition) is 5. The second-order valence-corrected chi connectivity index (χ2v) is 8.30. The molecule has 0 bridgehead atoms. The van der Waals surface area contributed by atoms with Crippen molar-refractivity contribution in [1.82, 2.24) is 25.1 Å². The highest BCUT2D eigenvalue weighted by atomic mass is 32.2. The molecule has 1 fully saturated rings. The van der Waals surface area contributed by atoms with E-state index in [1.165, 1.54) is 24.6 Å². The Balaban J connectivity index is 1.49. The first-order chi connectivity index (χ1) is 14.2. The van der Waals surface area contributed by atoms with Crippen LogP contribution in [0, 0.1) is 0 Å². The lowest BCUT2D eigenvalue weighted by Crippen LogP contribution is -2.33. The third kappa shape index (κ3) is 4.50. The normalized spacial score (nSPS) is 14.4. The van der Waals surface area contributed by atoms with Gasteiger partial charge in [0.2, 0.25) is 11.1 Å². The van der Waals surface area contributed by atoms with Gasteiger partial charge in [0.25, 0.3) is 0 Å². The van der Waals surface area contributed by atoms with Crippen molar-refractivity contribution in [3.05, 3.63) is 71.8 Å². The quantitative estimate of drug-likeness (QED) is 0.551. The van der Waals surface area contributed by atoms with Crippen LogP contribution in [0.5, 0.6) is 0 Å². The van der Waals surface area contributed by atoms with E-state index in [1.54, 1.807) is 0 Å². The van der Waals surface area contributed by atoms with Crippen LogP contribution in [0.3, 0.4) is 0 Å². The molecule has 4 rings (SSSR count). The summed E-state index contributed by atoms with van der Waals surface area (Å²) in [7, 11) is 1.87. The van der Waals surface area contributed by atoms with Crippen LogP contribution in [0.4, 0.5) is 0 Å². The van der Waals surface area contributed by atoms with Gasteiger partial charge in [0.15, 0.2) is 0 Å². The number of rotatable bonds is 7. The average molecular weight is 408 g/mol. The van der Waals surface area contributed by atoms with Crippen molar-refractivity contribution in [3.8, 4) is 0 Å². The molecule has 2 aromatic carbocycles. The third-order valence-electron chi connectivity index (χ3n) is 5.47. The summed E-state index contributed by atoms with van der Waals surface area (Å²) < 4.78 is 1.90. The predicted molar refractivity (Wildman–Crippen MR) is 114 cm³/mol. The highest BCUT2D eigenvalue weighted by Gasteiger charge is 2.25. The van der Waals surface area contributed by atoms with Crippen molar-refractivity contribution in [3.63, 3.8) is 0 Å². The summed E-state index contributed by atoms with van der Waals surface area (Å²) in [5.74, 6) is 0.355. The van der Waals surface area contributed by atoms with E-state index in [1.807, 2.05) is 53.0 Å². The summed E-state index contributed by atoms with van der Waals surface area (Å²) in [6.45, 7) is 0. The molecule has 0 saturated heterocycles. The van der Waals surface area contributed by atoms with Gasteiger partial charge in [-0.3, -0.25) is 4.79 Å². The minimum atomic E-state index is -0.128. The van der Waals surface area contributed by atoms with E-state index in [0.717, 1.165) is 29.1 Å². The van der Waals surface area contributed by atoms with E-state index >= 15 is 0 Å². The van der Waals surface area contributed by atoms with Crippen LogP contribution in [-0.2, 0) is 4.79 Å². The van der Waals surface area contributed by atoms with Gasteiger partial charge in [-0.15, -0.1) is 5.10 Å². The highest BCUT2D eigenvalue weighted by molar-refractivity contribution is 7.99. The summed E-state index contributed by atoms with van der Waals surface area (Å²) in [5, 5.41) is 12.9. The van der Waals surface area contributed by atoms with Gasteiger partial charge in [0.05, 0.1) is 17.8 Å². The Hall–Kier alpha value is -2.67. The Morgan fingerprint density at radius 3 is 2.24 bits per heavy atom. The lowest BCUT2D eigenvalue weighted by molar-refractivity contribution is -0.128. The van der Waals surface area contributed by atoms with Crippen molar-refractivity contribution in [2.24, 2.45) is 0 Å². The molecule has 0 radical (unpaired) electrons. The van der Waals surface area contributed by atoms with Gasteiger partial charge in [-0.2, -0.15) is 0 Å². The smallest absolute Gasteiger partial charge is 0.233 e. The van der Waals surface area contributed by atoms with Gasteiger partial charge in [0.1, 0.15) is 0 Å². The molecule has 0 atom stereocenters. The van der Waals surface area contributed by atoms with Gasteiger partial charge in [-0.25, -0.2) is 4.68 Å². The van der Waals surface area contributed by atoms with E-state index in [9.17, 15) is 4.79 Å². The molecule has 1 aliphatic rings. The highest BCUT2D eigenvalue weighted by Crippen LogP contribution is 2.32. The van der Waals surface area contributed by atoms with Crippen molar-refractivity contribution < 1.29 is 4.79 Å². The average Bonchev–Trinajstić information content (AvgIpc) is 3.45. The Labute approximate surface area is 175 Å². The standard InChI is InChI=1S/C22H25N5OS/c1-26(21(17-10-4-2-5-11-17)18-12-6-3-7-13-18)20(28)16-29-22-23-24-25-27(22)19-14-8-9-15-19/h2-7,10-13,19,21H,8-9,14-16H2,1H3. The van der Waals surface area contributed by atoms with E-state index in [4.69, 9.17) is 0 Å². The maximum atomic E-state index is 13.1. The summed E-state index contributed by atoms with van der Waals surface area (Å²) in [5.41, 5.74) is 2.19. The molecule has 0 N–H and O–H groups in total. The maximum Gasteiger partial charge on any atom is 0.233 e. The van der Waals surface area contributed by atoms with Crippen molar-refractivity contribution in [2.45, 2.75) is 42.9 Å². The largest absolute Gasteiger partial charge is 0.334 e. The van der Waals surface area contributed by atoms with Gasteiger partial charge >= 0.3 is 0 Å². The Morgan fingerprint density at radius 1 is 1.07 bits per heavy atom. The lowest BCUT2D eigenvalue weighted by atomic mass is 9.97. The van der Waals surface area contributed by atoms with Crippen LogP contribution in [0.15, 0.2) is 65.8 Å². The molecule has 0 unspecified atom stereocenters. The summed E-state index contributed by atoms with van der Waals surface area (Å²) >= 11 is 1.42. The third-order valence-corrected chi connectivity index (χ3v) is 6.39. The monoisotopic (exact) mass is 407 g/mol. The minimum Gasteiger partial charge on any atom is -0.334 e. The molecule has 1 aromatic heterocycles. The van der Waals surface area contributed by atoms with Crippen molar-refractivity contribution in [2.75, 3.05) is 12.8 Å². The number of nitrogens with zero attached hydrogens (tertiary/aromatic N) is 5. The molecule has 0 spiro atoms. The Bertz CT molecular complexity index is 885. The number of benzene rings is 2. The molecule has 6 nitrogen and oxygen atoms in total. The topological polar surface area (TPSA) is 63.9 Å². The first-order valence-corrected chi connectivity index (χ1v) is 11.0. The molecule has 150 valence electrons. The Kier molecular flexibility index (Phi) is 6.24. The molecule has 1 amide bonds. The fourth-order valence-corrected chi connectivity index (χ4v) is 4.81. The molecule has 7 heteroatoms. The van der Waals surface area contributed by atoms with E-state index < -0.39 is 0 Å². The van der Waals surface area contributed by atoms with Gasteiger partial charge < -0.3 is 4.90 Å². The van der Waals surface area contributed by atoms with Crippen LogP contribution in [0.25, 0.3) is 0 Å². The fourth-order valence-electron chi connectivity index (χ4n) is 3.94. The number of carbonyl (C=O) groups excluding carboxylic acids is 1. The SMILES string of the molecule is CN(C(=O)CSc1nnnn1C1CCCC1)C(c1ccccc1)c1ccccc1. The van der Waals surface area contributed by atoms with Crippen LogP contribution in [0.2, 0.25) is 0 Å². The molecule has 3 aromatic rings. The number of tetrazole rings is 1. The van der Waals surface area contributed by atoms with Crippen LogP contribution >= 0.6 is 11.8 Å². The second kappa shape index (κ2) is 9.22. The molecule has 29 heavy (non-hydrogen) atoms. The Morgan fingerprint density at radius 2 is 1.66 bits per heavy atom. The molecular weight excluding hydrogens is 382 g/mol. The summed E-state index contributed by atoms with van der Waals surface area (Å²) in [6, 6.07) is 20.5. The van der Waals surface area contributed by atoms with Crippen molar-refractivity contribution in [1.29, 1.82) is 0 Å². The number of amides is 1. The number of aromatic nitrogens is 4. The van der Waals surface area contributed by atoms with Crippen molar-refractivity contribution >= 4 is 17.7 Å². The lowest BCUT2D eigenvalue weighted by Gasteiger charge is -2.29. The second-order valence-electron chi connectivity index (χ2n) is 7.36. The molecule has 1 aliphatic carbocycles.